The number of alkyl halides is 1. The summed E-state index contributed by atoms with van der Waals surface area (Å²) in [6, 6.07) is 0. The molecule has 0 aromatic carbocycles. The van der Waals surface area contributed by atoms with Crippen LogP contribution in [0.1, 0.15) is 38.5 Å². The minimum absolute atomic E-state index is 0.258. The zero-order valence-electron chi connectivity index (χ0n) is 9.99. The number of nitrogens with one attached hydrogen (secondary N) is 1. The van der Waals surface area contributed by atoms with Gasteiger partial charge in [0, 0.05) is 6.54 Å². The Morgan fingerprint density at radius 3 is 1.94 bits per heavy atom. The normalized spacial score (nSPS) is 44.2. The van der Waals surface area contributed by atoms with Crippen LogP contribution in [0.15, 0.2) is 0 Å². The van der Waals surface area contributed by atoms with Crippen molar-refractivity contribution in [2.75, 3.05) is 11.8 Å². The van der Waals surface area contributed by atoms with Gasteiger partial charge in [0.15, 0.2) is 0 Å². The summed E-state index contributed by atoms with van der Waals surface area (Å²) in [4.78, 5) is 0. The average molecular weight is 278 g/mol. The summed E-state index contributed by atoms with van der Waals surface area (Å²) >= 11 is 5.43. The summed E-state index contributed by atoms with van der Waals surface area (Å²) < 4.78 is 25.6. The predicted octanol–water partition coefficient (Wildman–Crippen LogP) is 2.32. The summed E-state index contributed by atoms with van der Waals surface area (Å²) in [6.07, 6.45) is 7.85. The Morgan fingerprint density at radius 1 is 1.06 bits per heavy atom. The molecule has 1 N–H and O–H groups in total. The van der Waals surface area contributed by atoms with Gasteiger partial charge >= 0.3 is 0 Å². The number of hydrogen-bond donors (Lipinski definition) is 1. The van der Waals surface area contributed by atoms with Crippen molar-refractivity contribution >= 4 is 21.6 Å². The van der Waals surface area contributed by atoms with Crippen molar-refractivity contribution in [2.45, 2.75) is 38.5 Å². The van der Waals surface area contributed by atoms with E-state index in [0.717, 1.165) is 17.8 Å². The van der Waals surface area contributed by atoms with Gasteiger partial charge in [-0.25, -0.2) is 13.1 Å². The van der Waals surface area contributed by atoms with E-state index in [0.29, 0.717) is 6.54 Å². The third-order valence-corrected chi connectivity index (χ3v) is 6.71. The van der Waals surface area contributed by atoms with E-state index in [1.807, 2.05) is 0 Å². The van der Waals surface area contributed by atoms with E-state index < -0.39 is 10.0 Å². The van der Waals surface area contributed by atoms with Crippen LogP contribution in [0.3, 0.4) is 0 Å². The van der Waals surface area contributed by atoms with Crippen LogP contribution in [0.25, 0.3) is 0 Å². The Kier molecular flexibility index (Phi) is 2.96. The van der Waals surface area contributed by atoms with Gasteiger partial charge in [0.2, 0.25) is 10.0 Å². The van der Waals surface area contributed by atoms with Crippen molar-refractivity contribution in [1.82, 2.24) is 4.72 Å². The SMILES string of the molecule is O=S(=O)(CCl)NCC12CC3CC(CC(C3)C1)C2. The molecule has 98 valence electrons. The van der Waals surface area contributed by atoms with Crippen molar-refractivity contribution in [1.29, 1.82) is 0 Å². The maximum atomic E-state index is 11.4. The van der Waals surface area contributed by atoms with Crippen LogP contribution in [0.5, 0.6) is 0 Å². The van der Waals surface area contributed by atoms with Gasteiger partial charge in [0.25, 0.3) is 0 Å². The quantitative estimate of drug-likeness (QED) is 0.802. The summed E-state index contributed by atoms with van der Waals surface area (Å²) in [6.45, 7) is 0.617. The van der Waals surface area contributed by atoms with Crippen molar-refractivity contribution < 1.29 is 8.42 Å². The molecule has 0 spiro atoms. The molecule has 0 amide bonds. The standard InChI is InChI=1S/C12H20ClNO2S/c13-8-17(15,16)14-7-12-4-9-1-10(5-12)3-11(2-9)6-12/h9-11,14H,1-8H2. The van der Waals surface area contributed by atoms with Crippen molar-refractivity contribution in [2.24, 2.45) is 23.2 Å². The van der Waals surface area contributed by atoms with Gasteiger partial charge in [-0.2, -0.15) is 0 Å². The molecule has 0 radical (unpaired) electrons. The van der Waals surface area contributed by atoms with Crippen LogP contribution < -0.4 is 4.72 Å². The lowest BCUT2D eigenvalue weighted by molar-refractivity contribution is -0.0486. The molecule has 0 atom stereocenters. The lowest BCUT2D eigenvalue weighted by atomic mass is 9.50. The smallest absolute Gasteiger partial charge is 0.214 e. The minimum atomic E-state index is -3.25. The lowest BCUT2D eigenvalue weighted by Gasteiger charge is -2.56. The van der Waals surface area contributed by atoms with Crippen LogP contribution in [-0.2, 0) is 10.0 Å². The predicted molar refractivity (Wildman–Crippen MR) is 68.2 cm³/mol. The summed E-state index contributed by atoms with van der Waals surface area (Å²) in [5, 5.41) is -0.320. The molecule has 4 aliphatic rings. The molecule has 0 aliphatic heterocycles. The van der Waals surface area contributed by atoms with E-state index in [2.05, 4.69) is 4.72 Å². The summed E-state index contributed by atoms with van der Waals surface area (Å²) in [7, 11) is -3.25. The molecule has 0 saturated heterocycles. The van der Waals surface area contributed by atoms with Crippen LogP contribution in [0, 0.1) is 23.2 Å². The molecule has 0 unspecified atom stereocenters. The Bertz CT molecular complexity index is 371. The topological polar surface area (TPSA) is 46.2 Å². The molecular weight excluding hydrogens is 258 g/mol. The molecule has 0 aromatic heterocycles. The van der Waals surface area contributed by atoms with Crippen LogP contribution in [0.4, 0.5) is 0 Å². The highest BCUT2D eigenvalue weighted by molar-refractivity contribution is 7.90. The third kappa shape index (κ3) is 2.36. The second-order valence-electron chi connectivity index (χ2n) is 6.46. The first-order chi connectivity index (χ1) is 8.00. The Labute approximate surface area is 108 Å². The van der Waals surface area contributed by atoms with E-state index in [1.54, 1.807) is 0 Å². The van der Waals surface area contributed by atoms with E-state index >= 15 is 0 Å². The molecule has 3 nitrogen and oxygen atoms in total. The number of halogens is 1. The number of rotatable bonds is 4. The van der Waals surface area contributed by atoms with E-state index in [4.69, 9.17) is 11.6 Å². The molecular formula is C12H20ClNO2S. The third-order valence-electron chi connectivity index (χ3n) is 4.98. The second-order valence-corrected chi connectivity index (χ2v) is 8.85. The minimum Gasteiger partial charge on any atom is -0.214 e. The van der Waals surface area contributed by atoms with Crippen LogP contribution in [-0.4, -0.2) is 20.2 Å². The fraction of sp³-hybridized carbons (Fsp3) is 1.00. The van der Waals surface area contributed by atoms with Gasteiger partial charge in [-0.15, -0.1) is 11.6 Å². The van der Waals surface area contributed by atoms with E-state index in [-0.39, 0.29) is 10.6 Å². The number of sulfonamides is 1. The first-order valence-electron chi connectivity index (χ1n) is 6.54. The van der Waals surface area contributed by atoms with Gasteiger partial charge in [-0.3, -0.25) is 0 Å². The summed E-state index contributed by atoms with van der Waals surface area (Å²) in [5.41, 5.74) is 0.258. The average Bonchev–Trinajstić information content (AvgIpc) is 2.25. The molecule has 0 heterocycles. The van der Waals surface area contributed by atoms with Crippen LogP contribution >= 0.6 is 11.6 Å². The Balaban J connectivity index is 1.70. The second kappa shape index (κ2) is 4.10. The molecule has 4 fully saturated rings. The van der Waals surface area contributed by atoms with Crippen molar-refractivity contribution in [3.05, 3.63) is 0 Å². The molecule has 4 aliphatic carbocycles. The molecule has 17 heavy (non-hydrogen) atoms. The Hall–Kier alpha value is 0.200. The van der Waals surface area contributed by atoms with E-state index in [1.165, 1.54) is 38.5 Å². The fourth-order valence-electron chi connectivity index (χ4n) is 4.81. The largest absolute Gasteiger partial charge is 0.225 e. The number of hydrogen-bond acceptors (Lipinski definition) is 2. The summed E-state index contributed by atoms with van der Waals surface area (Å²) in [5.74, 6) is 2.59. The molecule has 4 bridgehead atoms. The monoisotopic (exact) mass is 277 g/mol. The Morgan fingerprint density at radius 2 is 1.53 bits per heavy atom. The fourth-order valence-corrected chi connectivity index (χ4v) is 5.64. The first kappa shape index (κ1) is 12.2. The van der Waals surface area contributed by atoms with Crippen molar-refractivity contribution in [3.8, 4) is 0 Å². The van der Waals surface area contributed by atoms with Gasteiger partial charge in [0.05, 0.1) is 0 Å². The highest BCUT2D eigenvalue weighted by Crippen LogP contribution is 2.59. The maximum Gasteiger partial charge on any atom is 0.225 e. The highest BCUT2D eigenvalue weighted by atomic mass is 35.5. The molecule has 5 heteroatoms. The highest BCUT2D eigenvalue weighted by Gasteiger charge is 2.50. The zero-order chi connectivity index (χ0) is 12.1. The first-order valence-corrected chi connectivity index (χ1v) is 8.72. The van der Waals surface area contributed by atoms with Crippen LogP contribution in [0.2, 0.25) is 0 Å². The van der Waals surface area contributed by atoms with Crippen molar-refractivity contribution in [3.63, 3.8) is 0 Å². The van der Waals surface area contributed by atoms with E-state index in [9.17, 15) is 8.42 Å². The molecule has 0 aromatic rings. The van der Waals surface area contributed by atoms with Gasteiger partial charge in [-0.05, 0) is 61.7 Å². The maximum absolute atomic E-state index is 11.4. The van der Waals surface area contributed by atoms with Gasteiger partial charge in [0.1, 0.15) is 5.21 Å². The molecule has 4 saturated carbocycles. The van der Waals surface area contributed by atoms with Gasteiger partial charge < -0.3 is 0 Å². The molecule has 4 rings (SSSR count). The lowest BCUT2D eigenvalue weighted by Crippen LogP contribution is -2.51. The van der Waals surface area contributed by atoms with Gasteiger partial charge in [-0.1, -0.05) is 0 Å². The zero-order valence-corrected chi connectivity index (χ0v) is 11.6.